The van der Waals surface area contributed by atoms with Crippen molar-refractivity contribution in [3.05, 3.63) is 35.4 Å². The third-order valence-electron chi connectivity index (χ3n) is 4.17. The van der Waals surface area contributed by atoms with Crippen LogP contribution in [0.4, 0.5) is 0 Å². The Labute approximate surface area is 141 Å². The molecule has 0 aromatic heterocycles. The summed E-state index contributed by atoms with van der Waals surface area (Å²) < 4.78 is 0. The molecule has 0 spiro atoms. The fraction of sp³-hybridized carbons (Fsp3) is 0.500. The van der Waals surface area contributed by atoms with E-state index in [0.717, 1.165) is 0 Å². The first-order valence-electron chi connectivity index (χ1n) is 8.29. The van der Waals surface area contributed by atoms with Crippen LogP contribution in [0, 0.1) is 5.92 Å². The number of amides is 2. The van der Waals surface area contributed by atoms with E-state index in [1.807, 2.05) is 18.7 Å². The summed E-state index contributed by atoms with van der Waals surface area (Å²) in [6.45, 7) is 5.28. The number of rotatable bonds is 5. The second-order valence-electron chi connectivity index (χ2n) is 6.58. The minimum absolute atomic E-state index is 0.000419. The highest BCUT2D eigenvalue weighted by Crippen LogP contribution is 2.15. The first-order chi connectivity index (χ1) is 11.4. The van der Waals surface area contributed by atoms with Crippen LogP contribution in [0.1, 0.15) is 53.8 Å². The van der Waals surface area contributed by atoms with Crippen LogP contribution in [-0.4, -0.2) is 46.9 Å². The third kappa shape index (κ3) is 4.57. The van der Waals surface area contributed by atoms with Crippen LogP contribution in [0.5, 0.6) is 0 Å². The number of carboxylic acid groups (broad SMARTS) is 1. The van der Waals surface area contributed by atoms with Gasteiger partial charge in [0.2, 0.25) is 5.91 Å². The number of nitrogens with zero attached hydrogens (tertiary/aromatic N) is 1. The van der Waals surface area contributed by atoms with Gasteiger partial charge in [0.1, 0.15) is 0 Å². The quantitative estimate of drug-likeness (QED) is 0.865. The van der Waals surface area contributed by atoms with Gasteiger partial charge in [-0.05, 0) is 30.9 Å². The number of nitrogens with one attached hydrogen (secondary N) is 1. The minimum Gasteiger partial charge on any atom is -0.478 e. The van der Waals surface area contributed by atoms with Crippen LogP contribution in [0.15, 0.2) is 24.3 Å². The van der Waals surface area contributed by atoms with E-state index in [0.29, 0.717) is 38.3 Å². The Kier molecular flexibility index (Phi) is 5.95. The van der Waals surface area contributed by atoms with Gasteiger partial charge in [0.15, 0.2) is 0 Å². The molecular formula is C18H24N2O4. The minimum atomic E-state index is -1.12. The van der Waals surface area contributed by atoms with Crippen molar-refractivity contribution in [3.63, 3.8) is 0 Å². The lowest BCUT2D eigenvalue weighted by atomic mass is 10.0. The monoisotopic (exact) mass is 332 g/mol. The highest BCUT2D eigenvalue weighted by molar-refractivity contribution is 6.04. The smallest absolute Gasteiger partial charge is 0.336 e. The number of carbonyl (C=O) groups excluding carboxylic acids is 2. The predicted molar refractivity (Wildman–Crippen MR) is 89.9 cm³/mol. The maximum atomic E-state index is 12.3. The molecule has 130 valence electrons. The van der Waals surface area contributed by atoms with E-state index in [4.69, 9.17) is 5.11 Å². The molecule has 2 N–H and O–H groups in total. The fourth-order valence-electron chi connectivity index (χ4n) is 2.88. The molecule has 0 radical (unpaired) electrons. The van der Waals surface area contributed by atoms with Crippen LogP contribution in [-0.2, 0) is 4.79 Å². The number of hydrogen-bond donors (Lipinski definition) is 2. The molecule has 1 aromatic carbocycles. The first kappa shape index (κ1) is 18.0. The summed E-state index contributed by atoms with van der Waals surface area (Å²) in [4.78, 5) is 37.4. The number of likely N-dealkylation sites (tertiary alicyclic amines) is 1. The third-order valence-corrected chi connectivity index (χ3v) is 4.17. The summed E-state index contributed by atoms with van der Waals surface area (Å²) in [6, 6.07) is 6.14. The Morgan fingerprint density at radius 3 is 2.29 bits per heavy atom. The summed E-state index contributed by atoms with van der Waals surface area (Å²) in [5, 5.41) is 12.1. The van der Waals surface area contributed by atoms with Crippen molar-refractivity contribution >= 4 is 17.8 Å². The highest BCUT2D eigenvalue weighted by atomic mass is 16.4. The zero-order valence-corrected chi connectivity index (χ0v) is 14.1. The molecule has 2 rings (SSSR count). The van der Waals surface area contributed by atoms with Gasteiger partial charge in [-0.15, -0.1) is 0 Å². The maximum absolute atomic E-state index is 12.3. The summed E-state index contributed by atoms with van der Waals surface area (Å²) >= 11 is 0. The van der Waals surface area contributed by atoms with Crippen molar-refractivity contribution in [2.75, 3.05) is 13.1 Å². The summed E-state index contributed by atoms with van der Waals surface area (Å²) in [5.41, 5.74) is 0.169. The maximum Gasteiger partial charge on any atom is 0.336 e. The number of piperidine rings is 1. The Morgan fingerprint density at radius 2 is 1.75 bits per heavy atom. The van der Waals surface area contributed by atoms with E-state index in [2.05, 4.69) is 5.32 Å². The Morgan fingerprint density at radius 1 is 1.17 bits per heavy atom. The zero-order valence-electron chi connectivity index (χ0n) is 14.1. The Hall–Kier alpha value is -2.37. The number of carboxylic acids is 1. The van der Waals surface area contributed by atoms with Gasteiger partial charge in [0.25, 0.3) is 5.91 Å². The molecule has 0 bridgehead atoms. The molecular weight excluding hydrogens is 308 g/mol. The van der Waals surface area contributed by atoms with Gasteiger partial charge in [-0.1, -0.05) is 26.0 Å². The van der Waals surface area contributed by atoms with E-state index in [9.17, 15) is 14.4 Å². The van der Waals surface area contributed by atoms with Gasteiger partial charge in [0.05, 0.1) is 11.1 Å². The van der Waals surface area contributed by atoms with Gasteiger partial charge in [-0.2, -0.15) is 0 Å². The van der Waals surface area contributed by atoms with Gasteiger partial charge in [-0.3, -0.25) is 9.59 Å². The van der Waals surface area contributed by atoms with Crippen molar-refractivity contribution in [1.82, 2.24) is 10.2 Å². The lowest BCUT2D eigenvalue weighted by Gasteiger charge is -2.33. The number of hydrogen-bond acceptors (Lipinski definition) is 3. The topological polar surface area (TPSA) is 86.7 Å². The molecule has 0 atom stereocenters. The normalized spacial score (nSPS) is 15.4. The van der Waals surface area contributed by atoms with Gasteiger partial charge >= 0.3 is 5.97 Å². The molecule has 1 aliphatic rings. The number of carbonyl (C=O) groups is 3. The molecule has 0 unspecified atom stereocenters. The second kappa shape index (κ2) is 7.95. The molecule has 0 aliphatic carbocycles. The lowest BCUT2D eigenvalue weighted by molar-refractivity contribution is -0.133. The van der Waals surface area contributed by atoms with E-state index in [1.54, 1.807) is 12.1 Å². The Balaban J connectivity index is 1.91. The van der Waals surface area contributed by atoms with Gasteiger partial charge in [-0.25, -0.2) is 4.79 Å². The molecule has 2 amide bonds. The predicted octanol–water partition coefficient (Wildman–Crippen LogP) is 2.15. The standard InChI is InChI=1S/C18H24N2O4/c1-12(2)11-16(21)20-9-7-13(8-10-20)19-17(22)14-5-3-4-6-15(14)18(23)24/h3-6,12-13H,7-11H2,1-2H3,(H,19,22)(H,23,24). The zero-order chi connectivity index (χ0) is 17.7. The Bertz CT molecular complexity index is 619. The fourth-order valence-corrected chi connectivity index (χ4v) is 2.88. The van der Waals surface area contributed by atoms with E-state index in [-0.39, 0.29) is 29.0 Å². The molecule has 1 saturated heterocycles. The van der Waals surface area contributed by atoms with Crippen LogP contribution in [0.3, 0.4) is 0 Å². The SMILES string of the molecule is CC(C)CC(=O)N1CCC(NC(=O)c2ccccc2C(=O)O)CC1. The van der Waals surface area contributed by atoms with Crippen molar-refractivity contribution in [1.29, 1.82) is 0 Å². The van der Waals surface area contributed by atoms with Gasteiger partial charge < -0.3 is 15.3 Å². The van der Waals surface area contributed by atoms with Gasteiger partial charge in [0, 0.05) is 25.6 Å². The summed E-state index contributed by atoms with van der Waals surface area (Å²) in [5.74, 6) is -0.997. The average Bonchev–Trinajstić information content (AvgIpc) is 2.54. The molecule has 6 heteroatoms. The van der Waals surface area contributed by atoms with Crippen molar-refractivity contribution in [2.24, 2.45) is 5.92 Å². The first-order valence-corrected chi connectivity index (χ1v) is 8.29. The van der Waals surface area contributed by atoms with E-state index in [1.165, 1.54) is 12.1 Å². The molecule has 1 aliphatic heterocycles. The van der Waals surface area contributed by atoms with Crippen molar-refractivity contribution < 1.29 is 19.5 Å². The van der Waals surface area contributed by atoms with Crippen LogP contribution >= 0.6 is 0 Å². The molecule has 6 nitrogen and oxygen atoms in total. The van der Waals surface area contributed by atoms with Crippen LogP contribution in [0.25, 0.3) is 0 Å². The number of benzene rings is 1. The molecule has 1 heterocycles. The van der Waals surface area contributed by atoms with Crippen molar-refractivity contribution in [3.8, 4) is 0 Å². The van der Waals surface area contributed by atoms with E-state index >= 15 is 0 Å². The summed E-state index contributed by atoms with van der Waals surface area (Å²) in [6.07, 6.45) is 1.92. The largest absolute Gasteiger partial charge is 0.478 e. The molecule has 1 aromatic rings. The highest BCUT2D eigenvalue weighted by Gasteiger charge is 2.25. The van der Waals surface area contributed by atoms with Crippen molar-refractivity contribution in [2.45, 2.75) is 39.2 Å². The second-order valence-corrected chi connectivity index (χ2v) is 6.58. The number of aromatic carboxylic acids is 1. The van der Waals surface area contributed by atoms with E-state index < -0.39 is 5.97 Å². The lowest BCUT2D eigenvalue weighted by Crippen LogP contribution is -2.46. The molecule has 1 fully saturated rings. The average molecular weight is 332 g/mol. The molecule has 0 saturated carbocycles. The van der Waals surface area contributed by atoms with Crippen LogP contribution < -0.4 is 5.32 Å². The molecule has 24 heavy (non-hydrogen) atoms. The summed E-state index contributed by atoms with van der Waals surface area (Å²) in [7, 11) is 0. The van der Waals surface area contributed by atoms with Crippen LogP contribution in [0.2, 0.25) is 0 Å².